The fourth-order valence-electron chi connectivity index (χ4n) is 2.17. The molecule has 22 heavy (non-hydrogen) atoms. The largest absolute Gasteiger partial charge is 0.329 e. The number of aryl methyl sites for hydroxylation is 1. The molecule has 2 heterocycles. The Labute approximate surface area is 145 Å². The molecule has 0 saturated carbocycles. The second-order valence-electron chi connectivity index (χ2n) is 4.77. The second kappa shape index (κ2) is 7.14. The number of hydrogen-bond acceptors (Lipinski definition) is 2. The van der Waals surface area contributed by atoms with Crippen LogP contribution in [0.5, 0.6) is 0 Å². The maximum atomic E-state index is 6.08. The first kappa shape index (κ1) is 16.8. The van der Waals surface area contributed by atoms with Crippen molar-refractivity contribution in [2.45, 2.75) is 13.5 Å². The van der Waals surface area contributed by atoms with Gasteiger partial charge in [-0.3, -0.25) is 4.98 Å². The predicted molar refractivity (Wildman–Crippen MR) is 93.0 cm³/mol. The standard InChI is InChI=1S/C16H13Cl2N3.ClH/c1-11-19-6-7-21(11)10-14-8-13(4-5-20-14)12-2-3-15(17)16(18)9-12;/h2-9H,10H2,1H3;1H. The fourth-order valence-corrected chi connectivity index (χ4v) is 2.46. The molecule has 0 N–H and O–H groups in total. The quantitative estimate of drug-likeness (QED) is 0.660. The zero-order valence-electron chi connectivity index (χ0n) is 11.8. The van der Waals surface area contributed by atoms with Gasteiger partial charge in [0.05, 0.1) is 22.3 Å². The third-order valence-electron chi connectivity index (χ3n) is 3.33. The Balaban J connectivity index is 0.00000176. The lowest BCUT2D eigenvalue weighted by molar-refractivity contribution is 0.742. The molecule has 0 radical (unpaired) electrons. The minimum atomic E-state index is 0. The van der Waals surface area contributed by atoms with E-state index in [1.165, 1.54) is 0 Å². The zero-order chi connectivity index (χ0) is 14.8. The van der Waals surface area contributed by atoms with Gasteiger partial charge in [0, 0.05) is 18.6 Å². The molecule has 0 aliphatic rings. The summed E-state index contributed by atoms with van der Waals surface area (Å²) in [6.07, 6.45) is 5.54. The first-order valence-electron chi connectivity index (χ1n) is 6.51. The lowest BCUT2D eigenvalue weighted by Gasteiger charge is -2.08. The number of imidazole rings is 1. The van der Waals surface area contributed by atoms with Crippen molar-refractivity contribution in [2.75, 3.05) is 0 Å². The highest BCUT2D eigenvalue weighted by molar-refractivity contribution is 6.42. The summed E-state index contributed by atoms with van der Waals surface area (Å²) in [6, 6.07) is 9.64. The summed E-state index contributed by atoms with van der Waals surface area (Å²) in [5.74, 6) is 0.969. The molecule has 0 unspecified atom stereocenters. The van der Waals surface area contributed by atoms with Crippen molar-refractivity contribution in [1.29, 1.82) is 0 Å². The maximum Gasteiger partial charge on any atom is 0.105 e. The Bertz CT molecular complexity index is 784. The SMILES string of the molecule is Cc1nccn1Cc1cc(-c2ccc(Cl)c(Cl)c2)ccn1.Cl. The Morgan fingerprint density at radius 3 is 2.41 bits per heavy atom. The van der Waals surface area contributed by atoms with Gasteiger partial charge in [-0.1, -0.05) is 29.3 Å². The molecule has 0 aliphatic carbocycles. The van der Waals surface area contributed by atoms with E-state index in [9.17, 15) is 0 Å². The van der Waals surface area contributed by atoms with E-state index in [0.717, 1.165) is 22.6 Å². The Morgan fingerprint density at radius 2 is 1.73 bits per heavy atom. The second-order valence-corrected chi connectivity index (χ2v) is 5.58. The van der Waals surface area contributed by atoms with E-state index >= 15 is 0 Å². The van der Waals surface area contributed by atoms with Crippen LogP contribution in [0.1, 0.15) is 11.5 Å². The van der Waals surface area contributed by atoms with Crippen LogP contribution in [0.3, 0.4) is 0 Å². The van der Waals surface area contributed by atoms with Crippen LogP contribution in [0, 0.1) is 6.92 Å². The summed E-state index contributed by atoms with van der Waals surface area (Å²) in [7, 11) is 0. The van der Waals surface area contributed by atoms with Crippen molar-refractivity contribution in [1.82, 2.24) is 14.5 Å². The molecule has 0 amide bonds. The number of rotatable bonds is 3. The molecule has 0 saturated heterocycles. The van der Waals surface area contributed by atoms with Crippen LogP contribution in [-0.2, 0) is 6.54 Å². The lowest BCUT2D eigenvalue weighted by Crippen LogP contribution is -2.02. The van der Waals surface area contributed by atoms with E-state index in [1.807, 2.05) is 31.3 Å². The molecule has 0 bridgehead atoms. The monoisotopic (exact) mass is 353 g/mol. The molecule has 0 spiro atoms. The Morgan fingerprint density at radius 1 is 0.955 bits per heavy atom. The van der Waals surface area contributed by atoms with Gasteiger partial charge in [0.15, 0.2) is 0 Å². The average molecular weight is 355 g/mol. The smallest absolute Gasteiger partial charge is 0.105 e. The van der Waals surface area contributed by atoms with Gasteiger partial charge in [-0.25, -0.2) is 4.98 Å². The van der Waals surface area contributed by atoms with E-state index in [4.69, 9.17) is 23.2 Å². The first-order chi connectivity index (χ1) is 10.1. The third-order valence-corrected chi connectivity index (χ3v) is 4.06. The van der Waals surface area contributed by atoms with Crippen molar-refractivity contribution in [3.63, 3.8) is 0 Å². The van der Waals surface area contributed by atoms with Crippen LogP contribution in [0.4, 0.5) is 0 Å². The number of benzene rings is 1. The number of nitrogens with zero attached hydrogens (tertiary/aromatic N) is 3. The van der Waals surface area contributed by atoms with Gasteiger partial charge >= 0.3 is 0 Å². The Kier molecular flexibility index (Phi) is 5.46. The van der Waals surface area contributed by atoms with Gasteiger partial charge < -0.3 is 4.57 Å². The highest BCUT2D eigenvalue weighted by Gasteiger charge is 2.05. The van der Waals surface area contributed by atoms with E-state index in [2.05, 4.69) is 20.6 Å². The third kappa shape index (κ3) is 3.61. The van der Waals surface area contributed by atoms with Gasteiger partial charge in [0.2, 0.25) is 0 Å². The van der Waals surface area contributed by atoms with Crippen molar-refractivity contribution in [3.8, 4) is 11.1 Å². The maximum absolute atomic E-state index is 6.08. The van der Waals surface area contributed by atoms with Crippen LogP contribution in [-0.4, -0.2) is 14.5 Å². The molecule has 3 rings (SSSR count). The molecular weight excluding hydrogens is 341 g/mol. The van der Waals surface area contributed by atoms with E-state index in [0.29, 0.717) is 16.6 Å². The van der Waals surface area contributed by atoms with Crippen LogP contribution < -0.4 is 0 Å². The van der Waals surface area contributed by atoms with Gasteiger partial charge in [-0.15, -0.1) is 12.4 Å². The average Bonchev–Trinajstić information content (AvgIpc) is 2.88. The summed E-state index contributed by atoms with van der Waals surface area (Å²) in [5.41, 5.74) is 3.06. The summed E-state index contributed by atoms with van der Waals surface area (Å²) >= 11 is 12.0. The predicted octanol–water partition coefficient (Wildman–Crippen LogP) is 5.03. The van der Waals surface area contributed by atoms with E-state index < -0.39 is 0 Å². The number of hydrogen-bond donors (Lipinski definition) is 0. The first-order valence-corrected chi connectivity index (χ1v) is 7.27. The van der Waals surface area contributed by atoms with Crippen LogP contribution in [0.25, 0.3) is 11.1 Å². The molecular formula is C16H14Cl3N3. The van der Waals surface area contributed by atoms with E-state index in [1.54, 1.807) is 18.5 Å². The topological polar surface area (TPSA) is 30.7 Å². The molecule has 114 valence electrons. The van der Waals surface area contributed by atoms with Gasteiger partial charge in [0.1, 0.15) is 5.82 Å². The minimum Gasteiger partial charge on any atom is -0.329 e. The molecule has 3 nitrogen and oxygen atoms in total. The zero-order valence-corrected chi connectivity index (χ0v) is 14.2. The summed E-state index contributed by atoms with van der Waals surface area (Å²) in [5, 5.41) is 1.11. The molecule has 0 atom stereocenters. The Hall–Kier alpha value is -1.55. The number of pyridine rings is 1. The van der Waals surface area contributed by atoms with Crippen LogP contribution >= 0.6 is 35.6 Å². The molecule has 1 aromatic carbocycles. The van der Waals surface area contributed by atoms with Crippen molar-refractivity contribution in [2.24, 2.45) is 0 Å². The molecule has 2 aromatic heterocycles. The highest BCUT2D eigenvalue weighted by atomic mass is 35.5. The molecule has 0 fully saturated rings. The molecule has 6 heteroatoms. The van der Waals surface area contributed by atoms with Crippen LogP contribution in [0.2, 0.25) is 10.0 Å². The van der Waals surface area contributed by atoms with Crippen molar-refractivity contribution in [3.05, 3.63) is 70.5 Å². The van der Waals surface area contributed by atoms with Gasteiger partial charge in [-0.2, -0.15) is 0 Å². The summed E-state index contributed by atoms with van der Waals surface area (Å²) in [4.78, 5) is 8.63. The minimum absolute atomic E-state index is 0. The fraction of sp³-hybridized carbons (Fsp3) is 0.125. The highest BCUT2D eigenvalue weighted by Crippen LogP contribution is 2.28. The van der Waals surface area contributed by atoms with Crippen molar-refractivity contribution >= 4 is 35.6 Å². The van der Waals surface area contributed by atoms with Crippen molar-refractivity contribution < 1.29 is 0 Å². The normalized spacial score (nSPS) is 10.3. The van der Waals surface area contributed by atoms with Gasteiger partial charge in [0.25, 0.3) is 0 Å². The molecule has 3 aromatic rings. The number of aromatic nitrogens is 3. The molecule has 0 aliphatic heterocycles. The van der Waals surface area contributed by atoms with E-state index in [-0.39, 0.29) is 12.4 Å². The number of halogens is 3. The summed E-state index contributed by atoms with van der Waals surface area (Å²) in [6.45, 7) is 2.67. The summed E-state index contributed by atoms with van der Waals surface area (Å²) < 4.78 is 2.06. The lowest BCUT2D eigenvalue weighted by atomic mass is 10.1. The van der Waals surface area contributed by atoms with Gasteiger partial charge in [-0.05, 0) is 42.3 Å². The van der Waals surface area contributed by atoms with Crippen LogP contribution in [0.15, 0.2) is 48.9 Å².